The number of carbonyl (C=O) groups excluding carboxylic acids is 1. The van der Waals surface area contributed by atoms with E-state index in [1.165, 1.54) is 0 Å². The Bertz CT molecular complexity index is 845. The number of benzene rings is 1. The predicted molar refractivity (Wildman–Crippen MR) is 93.1 cm³/mol. The van der Waals surface area contributed by atoms with Crippen LogP contribution in [0.25, 0.3) is 0 Å². The smallest absolute Gasteiger partial charge is 0.255 e. The van der Waals surface area contributed by atoms with E-state index in [0.717, 1.165) is 23.4 Å². The first kappa shape index (κ1) is 16.0. The Kier molecular flexibility index (Phi) is 4.46. The monoisotopic (exact) mass is 323 g/mol. The number of aromatic nitrogens is 4. The van der Waals surface area contributed by atoms with Crippen LogP contribution in [0.15, 0.2) is 42.9 Å². The topological polar surface area (TPSA) is 64.7 Å². The van der Waals surface area contributed by atoms with E-state index in [2.05, 4.69) is 29.4 Å². The largest absolute Gasteiger partial charge is 0.319 e. The van der Waals surface area contributed by atoms with E-state index in [1.807, 2.05) is 48.3 Å². The van der Waals surface area contributed by atoms with Crippen LogP contribution in [0, 0.1) is 13.8 Å². The average molecular weight is 323 g/mol. The molecule has 1 N–H and O–H groups in total. The van der Waals surface area contributed by atoms with Crippen LogP contribution >= 0.6 is 0 Å². The number of nitrogens with one attached hydrogen (secondary N) is 1. The van der Waals surface area contributed by atoms with E-state index in [-0.39, 0.29) is 5.91 Å². The van der Waals surface area contributed by atoms with Crippen molar-refractivity contribution in [1.29, 1.82) is 0 Å². The second-order valence-electron chi connectivity index (χ2n) is 5.82. The molecule has 0 radical (unpaired) electrons. The van der Waals surface area contributed by atoms with E-state index in [1.54, 1.807) is 10.9 Å². The minimum Gasteiger partial charge on any atom is -0.319 e. The second-order valence-corrected chi connectivity index (χ2v) is 5.82. The third-order valence-corrected chi connectivity index (χ3v) is 4.04. The number of hydrogen-bond donors (Lipinski definition) is 1. The molecule has 0 atom stereocenters. The molecule has 6 nitrogen and oxygen atoms in total. The molecule has 3 rings (SSSR count). The lowest BCUT2D eigenvalue weighted by Crippen LogP contribution is -2.11. The quantitative estimate of drug-likeness (QED) is 0.785. The standard InChI is InChI=1S/C18H21N5O/c1-4-23-14(3)16(9-20-23)11-22-12-17(10-19-22)21-18(24)15-7-5-13(2)6-8-15/h5-10,12H,4,11H2,1-3H3,(H,21,24). The van der Waals surface area contributed by atoms with Crippen LogP contribution in [-0.2, 0) is 13.1 Å². The highest BCUT2D eigenvalue weighted by atomic mass is 16.1. The number of aryl methyl sites for hydroxylation is 2. The van der Waals surface area contributed by atoms with Gasteiger partial charge in [-0.05, 0) is 32.9 Å². The van der Waals surface area contributed by atoms with E-state index in [0.29, 0.717) is 17.8 Å². The Morgan fingerprint density at radius 3 is 2.54 bits per heavy atom. The van der Waals surface area contributed by atoms with Crippen molar-refractivity contribution in [1.82, 2.24) is 19.6 Å². The first-order chi connectivity index (χ1) is 11.6. The maximum Gasteiger partial charge on any atom is 0.255 e. The molecular formula is C18H21N5O. The summed E-state index contributed by atoms with van der Waals surface area (Å²) in [5, 5.41) is 11.5. The number of amides is 1. The van der Waals surface area contributed by atoms with E-state index < -0.39 is 0 Å². The number of nitrogens with zero attached hydrogens (tertiary/aromatic N) is 4. The molecule has 1 aromatic carbocycles. The number of anilines is 1. The lowest BCUT2D eigenvalue weighted by Gasteiger charge is -2.04. The number of hydrogen-bond acceptors (Lipinski definition) is 3. The van der Waals surface area contributed by atoms with Gasteiger partial charge in [0.2, 0.25) is 0 Å². The molecule has 24 heavy (non-hydrogen) atoms. The first-order valence-corrected chi connectivity index (χ1v) is 7.98. The van der Waals surface area contributed by atoms with Crippen molar-refractivity contribution in [2.45, 2.75) is 33.9 Å². The lowest BCUT2D eigenvalue weighted by atomic mass is 10.1. The van der Waals surface area contributed by atoms with Crippen LogP contribution in [0.1, 0.15) is 34.1 Å². The van der Waals surface area contributed by atoms with Gasteiger partial charge in [-0.3, -0.25) is 14.2 Å². The molecule has 2 aromatic heterocycles. The fourth-order valence-electron chi connectivity index (χ4n) is 2.56. The first-order valence-electron chi connectivity index (χ1n) is 7.98. The zero-order chi connectivity index (χ0) is 17.1. The lowest BCUT2D eigenvalue weighted by molar-refractivity contribution is 0.102. The van der Waals surface area contributed by atoms with Crippen LogP contribution in [0.4, 0.5) is 5.69 Å². The van der Waals surface area contributed by atoms with Crippen molar-refractivity contribution in [2.24, 2.45) is 0 Å². The highest BCUT2D eigenvalue weighted by molar-refractivity contribution is 6.04. The summed E-state index contributed by atoms with van der Waals surface area (Å²) in [7, 11) is 0. The van der Waals surface area contributed by atoms with Crippen LogP contribution < -0.4 is 5.32 Å². The summed E-state index contributed by atoms with van der Waals surface area (Å²) in [5.74, 6) is -0.135. The average Bonchev–Trinajstić information content (AvgIpc) is 3.15. The van der Waals surface area contributed by atoms with Gasteiger partial charge in [-0.25, -0.2) is 0 Å². The Morgan fingerprint density at radius 2 is 1.88 bits per heavy atom. The molecule has 6 heteroatoms. The van der Waals surface area contributed by atoms with Crippen molar-refractivity contribution in [3.05, 3.63) is 65.2 Å². The molecule has 1 amide bonds. The van der Waals surface area contributed by atoms with Crippen molar-refractivity contribution in [2.75, 3.05) is 5.32 Å². The SMILES string of the molecule is CCn1ncc(Cn2cc(NC(=O)c3ccc(C)cc3)cn2)c1C. The van der Waals surface area contributed by atoms with Gasteiger partial charge in [0, 0.05) is 29.6 Å². The maximum absolute atomic E-state index is 12.2. The molecule has 0 aliphatic heterocycles. The molecule has 0 aliphatic carbocycles. The van der Waals surface area contributed by atoms with Crippen molar-refractivity contribution >= 4 is 11.6 Å². The van der Waals surface area contributed by atoms with E-state index in [4.69, 9.17) is 0 Å². The molecule has 0 saturated heterocycles. The third-order valence-electron chi connectivity index (χ3n) is 4.04. The highest BCUT2D eigenvalue weighted by Gasteiger charge is 2.09. The molecule has 0 saturated carbocycles. The summed E-state index contributed by atoms with van der Waals surface area (Å²) < 4.78 is 3.76. The summed E-state index contributed by atoms with van der Waals surface area (Å²) in [6.07, 6.45) is 5.35. The predicted octanol–water partition coefficient (Wildman–Crippen LogP) is 3.02. The van der Waals surface area contributed by atoms with Gasteiger partial charge in [-0.2, -0.15) is 10.2 Å². The van der Waals surface area contributed by atoms with Gasteiger partial charge >= 0.3 is 0 Å². The van der Waals surface area contributed by atoms with E-state index >= 15 is 0 Å². The third kappa shape index (κ3) is 3.37. The van der Waals surface area contributed by atoms with Crippen LogP contribution in [0.5, 0.6) is 0 Å². The number of carbonyl (C=O) groups is 1. The van der Waals surface area contributed by atoms with Crippen LogP contribution in [-0.4, -0.2) is 25.5 Å². The summed E-state index contributed by atoms with van der Waals surface area (Å²) in [6, 6.07) is 7.48. The zero-order valence-electron chi connectivity index (χ0n) is 14.2. The van der Waals surface area contributed by atoms with Crippen molar-refractivity contribution in [3.8, 4) is 0 Å². The second kappa shape index (κ2) is 6.70. The van der Waals surface area contributed by atoms with Gasteiger partial charge in [-0.15, -0.1) is 0 Å². The molecule has 3 aromatic rings. The molecular weight excluding hydrogens is 302 g/mol. The summed E-state index contributed by atoms with van der Waals surface area (Å²) in [5.41, 5.74) is 4.70. The summed E-state index contributed by atoms with van der Waals surface area (Å²) in [4.78, 5) is 12.2. The van der Waals surface area contributed by atoms with Gasteiger partial charge < -0.3 is 5.32 Å². The fraction of sp³-hybridized carbons (Fsp3) is 0.278. The molecule has 0 aliphatic rings. The van der Waals surface area contributed by atoms with E-state index in [9.17, 15) is 4.79 Å². The molecule has 0 fully saturated rings. The van der Waals surface area contributed by atoms with Gasteiger partial charge in [0.25, 0.3) is 5.91 Å². The Hall–Kier alpha value is -2.89. The Morgan fingerprint density at radius 1 is 1.12 bits per heavy atom. The van der Waals surface area contributed by atoms with Gasteiger partial charge in [0.15, 0.2) is 0 Å². The number of rotatable bonds is 5. The Labute approximate surface area is 141 Å². The molecule has 0 unspecified atom stereocenters. The van der Waals surface area contributed by atoms with Gasteiger partial charge in [0.1, 0.15) is 0 Å². The minimum atomic E-state index is -0.135. The van der Waals surface area contributed by atoms with Crippen molar-refractivity contribution in [3.63, 3.8) is 0 Å². The fourth-order valence-corrected chi connectivity index (χ4v) is 2.56. The normalized spacial score (nSPS) is 10.8. The van der Waals surface area contributed by atoms with Crippen LogP contribution in [0.3, 0.4) is 0 Å². The van der Waals surface area contributed by atoms with Crippen LogP contribution in [0.2, 0.25) is 0 Å². The van der Waals surface area contributed by atoms with Crippen molar-refractivity contribution < 1.29 is 4.79 Å². The molecule has 124 valence electrons. The van der Waals surface area contributed by atoms with Gasteiger partial charge in [0.05, 0.1) is 24.6 Å². The summed E-state index contributed by atoms with van der Waals surface area (Å²) in [6.45, 7) is 7.59. The minimum absolute atomic E-state index is 0.135. The Balaban J connectivity index is 1.68. The molecule has 2 heterocycles. The zero-order valence-corrected chi connectivity index (χ0v) is 14.2. The summed E-state index contributed by atoms with van der Waals surface area (Å²) >= 11 is 0. The van der Waals surface area contributed by atoms with Gasteiger partial charge in [-0.1, -0.05) is 17.7 Å². The molecule has 0 spiro atoms. The molecule has 0 bridgehead atoms. The highest BCUT2D eigenvalue weighted by Crippen LogP contribution is 2.13. The maximum atomic E-state index is 12.2.